The van der Waals surface area contributed by atoms with Crippen LogP contribution in [0.1, 0.15) is 6.92 Å². The fraction of sp³-hybridized carbons (Fsp3) is 0.167. The van der Waals surface area contributed by atoms with Gasteiger partial charge >= 0.3 is 0 Å². The maximum atomic E-state index is 13.8. The average molecular weight is 356 g/mol. The minimum Gasteiger partial charge on any atom is -0.315 e. The number of carbonyl (C=O) groups is 1. The van der Waals surface area contributed by atoms with Crippen molar-refractivity contribution in [2.75, 3.05) is 11.9 Å². The molecule has 5 nitrogen and oxygen atoms in total. The number of rotatable bonds is 5. The zero-order valence-electron chi connectivity index (χ0n) is 13.8. The summed E-state index contributed by atoms with van der Waals surface area (Å²) in [4.78, 5) is 18.4. The molecule has 0 fully saturated rings. The molecule has 0 spiro atoms. The first kappa shape index (κ1) is 17.2. The number of hydrogen-bond donors (Lipinski definition) is 1. The molecular formula is C18H17FN4OS. The van der Waals surface area contributed by atoms with E-state index in [0.29, 0.717) is 16.5 Å². The van der Waals surface area contributed by atoms with Gasteiger partial charge in [-0.1, -0.05) is 42.1 Å². The number of amides is 1. The van der Waals surface area contributed by atoms with Crippen LogP contribution in [0.2, 0.25) is 0 Å². The van der Waals surface area contributed by atoms with Crippen LogP contribution in [0, 0.1) is 5.82 Å². The number of thioether (sulfide) groups is 1. The molecule has 1 heterocycles. The van der Waals surface area contributed by atoms with E-state index in [1.54, 1.807) is 37.1 Å². The summed E-state index contributed by atoms with van der Waals surface area (Å²) in [5, 5.41) is 6.82. The third-order valence-electron chi connectivity index (χ3n) is 3.70. The van der Waals surface area contributed by atoms with Crippen LogP contribution >= 0.6 is 11.8 Å². The Morgan fingerprint density at radius 2 is 1.84 bits per heavy atom. The number of nitrogens with zero attached hydrogens (tertiary/aromatic N) is 3. The molecule has 1 amide bonds. The van der Waals surface area contributed by atoms with Crippen LogP contribution in [0.3, 0.4) is 0 Å². The highest BCUT2D eigenvalue weighted by Crippen LogP contribution is 2.26. The van der Waals surface area contributed by atoms with E-state index in [4.69, 9.17) is 0 Å². The molecular weight excluding hydrogens is 339 g/mol. The summed E-state index contributed by atoms with van der Waals surface area (Å²) in [5.74, 6) is -0.0896. The molecule has 7 heteroatoms. The molecule has 1 aromatic heterocycles. The van der Waals surface area contributed by atoms with Crippen molar-refractivity contribution >= 4 is 23.4 Å². The number of nitrogens with one attached hydrogen (secondary N) is 1. The molecule has 0 aliphatic rings. The van der Waals surface area contributed by atoms with Crippen LogP contribution in [0.25, 0.3) is 11.4 Å². The van der Waals surface area contributed by atoms with E-state index in [2.05, 4.69) is 15.2 Å². The van der Waals surface area contributed by atoms with Crippen LogP contribution in [0.15, 0.2) is 59.8 Å². The van der Waals surface area contributed by atoms with Gasteiger partial charge in [0, 0.05) is 12.7 Å². The largest absolute Gasteiger partial charge is 0.315 e. The van der Waals surface area contributed by atoms with Gasteiger partial charge in [0.05, 0.1) is 10.8 Å². The second-order valence-electron chi connectivity index (χ2n) is 5.44. The molecule has 1 atom stereocenters. The Morgan fingerprint density at radius 3 is 2.56 bits per heavy atom. The lowest BCUT2D eigenvalue weighted by atomic mass is 10.2. The van der Waals surface area contributed by atoms with Crippen LogP contribution < -0.4 is 4.90 Å². The molecule has 3 aromatic rings. The Hall–Kier alpha value is -2.67. The second-order valence-corrected chi connectivity index (χ2v) is 6.75. The smallest absolute Gasteiger partial charge is 0.240 e. The predicted molar refractivity (Wildman–Crippen MR) is 96.9 cm³/mol. The number of halogens is 1. The minimum absolute atomic E-state index is 0.0616. The number of H-pyrrole nitrogens is 1. The van der Waals surface area contributed by atoms with Gasteiger partial charge in [0.25, 0.3) is 0 Å². The molecule has 3 rings (SSSR count). The highest BCUT2D eigenvalue weighted by atomic mass is 32.2. The Balaban J connectivity index is 1.70. The van der Waals surface area contributed by atoms with Crippen LogP contribution in [-0.2, 0) is 4.79 Å². The lowest BCUT2D eigenvalue weighted by molar-refractivity contribution is -0.117. The summed E-state index contributed by atoms with van der Waals surface area (Å²) < 4.78 is 13.8. The number of hydrogen-bond acceptors (Lipinski definition) is 4. The summed E-state index contributed by atoms with van der Waals surface area (Å²) in [5.41, 5.74) is 1.17. The molecule has 0 aliphatic heterocycles. The highest BCUT2D eigenvalue weighted by Gasteiger charge is 2.22. The van der Waals surface area contributed by atoms with Crippen LogP contribution in [0.5, 0.6) is 0 Å². The standard InChI is InChI=1S/C18H17FN4OS/c1-12(17(24)23(2)13-8-4-3-5-9-13)25-18-20-16(21-22-18)14-10-6-7-11-15(14)19/h3-12H,1-2H3,(H,20,21,22). The number of para-hydroxylation sites is 1. The zero-order valence-corrected chi connectivity index (χ0v) is 14.6. The highest BCUT2D eigenvalue weighted by molar-refractivity contribution is 8.00. The van der Waals surface area contributed by atoms with Gasteiger partial charge in [0.1, 0.15) is 5.82 Å². The lowest BCUT2D eigenvalue weighted by Gasteiger charge is -2.20. The van der Waals surface area contributed by atoms with E-state index in [1.165, 1.54) is 17.8 Å². The van der Waals surface area contributed by atoms with Crippen molar-refractivity contribution < 1.29 is 9.18 Å². The van der Waals surface area contributed by atoms with Crippen LogP contribution in [0.4, 0.5) is 10.1 Å². The fourth-order valence-corrected chi connectivity index (χ4v) is 3.15. The topological polar surface area (TPSA) is 61.9 Å². The van der Waals surface area contributed by atoms with E-state index in [1.807, 2.05) is 30.3 Å². The predicted octanol–water partition coefficient (Wildman–Crippen LogP) is 3.75. The summed E-state index contributed by atoms with van der Waals surface area (Å²) in [7, 11) is 1.73. The Bertz CT molecular complexity index is 868. The monoisotopic (exact) mass is 356 g/mol. The Labute approximate surface area is 149 Å². The summed E-state index contributed by atoms with van der Waals surface area (Å²) >= 11 is 1.23. The van der Waals surface area contributed by atoms with Gasteiger partial charge in [0.2, 0.25) is 11.1 Å². The van der Waals surface area contributed by atoms with E-state index in [9.17, 15) is 9.18 Å². The summed E-state index contributed by atoms with van der Waals surface area (Å²) in [6.45, 7) is 1.80. The van der Waals surface area contributed by atoms with Crippen LogP contribution in [-0.4, -0.2) is 33.4 Å². The van der Waals surface area contributed by atoms with E-state index >= 15 is 0 Å². The number of benzene rings is 2. The molecule has 0 bridgehead atoms. The number of aromatic nitrogens is 3. The first-order chi connectivity index (χ1) is 12.1. The maximum Gasteiger partial charge on any atom is 0.240 e. The normalized spacial score (nSPS) is 12.0. The van der Waals surface area contributed by atoms with Gasteiger partial charge in [0.15, 0.2) is 5.82 Å². The van der Waals surface area contributed by atoms with Crippen molar-refractivity contribution in [2.45, 2.75) is 17.3 Å². The van der Waals surface area contributed by atoms with Gasteiger partial charge in [-0.2, -0.15) is 0 Å². The van der Waals surface area contributed by atoms with Gasteiger partial charge in [-0.3, -0.25) is 9.89 Å². The number of aromatic amines is 1. The van der Waals surface area contributed by atoms with Crippen molar-refractivity contribution in [1.82, 2.24) is 15.2 Å². The average Bonchev–Trinajstić information content (AvgIpc) is 3.09. The molecule has 25 heavy (non-hydrogen) atoms. The third kappa shape index (κ3) is 3.88. The summed E-state index contributed by atoms with van der Waals surface area (Å²) in [6, 6.07) is 15.8. The fourth-order valence-electron chi connectivity index (χ4n) is 2.33. The molecule has 0 saturated carbocycles. The zero-order chi connectivity index (χ0) is 17.8. The SMILES string of the molecule is CC(Sc1n[nH]c(-c2ccccc2F)n1)C(=O)N(C)c1ccccc1. The molecule has 0 saturated heterocycles. The maximum absolute atomic E-state index is 13.8. The van der Waals surface area contributed by atoms with Crippen molar-refractivity contribution in [1.29, 1.82) is 0 Å². The van der Waals surface area contributed by atoms with Gasteiger partial charge in [-0.15, -0.1) is 5.10 Å². The molecule has 0 radical (unpaired) electrons. The Morgan fingerprint density at radius 1 is 1.16 bits per heavy atom. The molecule has 128 valence electrons. The lowest BCUT2D eigenvalue weighted by Crippen LogP contribution is -2.33. The molecule has 1 N–H and O–H groups in total. The summed E-state index contributed by atoms with van der Waals surface area (Å²) in [6.07, 6.45) is 0. The second kappa shape index (κ2) is 7.48. The first-order valence-electron chi connectivity index (χ1n) is 7.73. The quantitative estimate of drug-likeness (QED) is 0.707. The molecule has 1 unspecified atom stereocenters. The van der Waals surface area contributed by atoms with E-state index in [-0.39, 0.29) is 17.0 Å². The van der Waals surface area contributed by atoms with E-state index in [0.717, 1.165) is 5.69 Å². The van der Waals surface area contributed by atoms with Gasteiger partial charge in [-0.05, 0) is 31.2 Å². The van der Waals surface area contributed by atoms with Crippen molar-refractivity contribution in [3.8, 4) is 11.4 Å². The number of carbonyl (C=O) groups excluding carboxylic acids is 1. The molecule has 2 aromatic carbocycles. The third-order valence-corrected chi connectivity index (χ3v) is 4.65. The minimum atomic E-state index is -0.380. The van der Waals surface area contributed by atoms with Crippen molar-refractivity contribution in [3.05, 3.63) is 60.4 Å². The van der Waals surface area contributed by atoms with Gasteiger partial charge < -0.3 is 4.90 Å². The van der Waals surface area contributed by atoms with Crippen molar-refractivity contribution in [3.63, 3.8) is 0 Å². The van der Waals surface area contributed by atoms with E-state index < -0.39 is 0 Å². The molecule has 0 aliphatic carbocycles. The number of anilines is 1. The van der Waals surface area contributed by atoms with Crippen molar-refractivity contribution in [2.24, 2.45) is 0 Å². The Kier molecular flexibility index (Phi) is 5.14. The first-order valence-corrected chi connectivity index (χ1v) is 8.61. The van der Waals surface area contributed by atoms with Gasteiger partial charge in [-0.25, -0.2) is 9.37 Å².